The van der Waals surface area contributed by atoms with Gasteiger partial charge in [0.25, 0.3) is 5.91 Å². The number of hydrogen-bond acceptors (Lipinski definition) is 2. The molecule has 0 spiro atoms. The van der Waals surface area contributed by atoms with Crippen LogP contribution in [0.1, 0.15) is 32.6 Å². The summed E-state index contributed by atoms with van der Waals surface area (Å²) in [5, 5.41) is 3.71. The van der Waals surface area contributed by atoms with Gasteiger partial charge in [0.2, 0.25) is 0 Å². The normalized spacial score (nSPS) is 28.4. The molecule has 1 N–H and O–H groups in total. The number of carbonyl (C=O) groups excluding carboxylic acids is 1. The van der Waals surface area contributed by atoms with Gasteiger partial charge < -0.3 is 10.1 Å². The van der Waals surface area contributed by atoms with Gasteiger partial charge in [-0.05, 0) is 62.1 Å². The largest absolute Gasteiger partial charge is 0.484 e. The fourth-order valence-corrected chi connectivity index (χ4v) is 4.19. The van der Waals surface area contributed by atoms with Crippen LogP contribution in [0.15, 0.2) is 24.3 Å². The number of fused-ring (bicyclic) bond motifs is 2. The van der Waals surface area contributed by atoms with E-state index in [1.165, 1.54) is 25.7 Å². The molecule has 2 fully saturated rings. The van der Waals surface area contributed by atoms with Crippen LogP contribution in [0.5, 0.6) is 5.75 Å². The molecule has 4 atom stereocenters. The molecule has 2 aliphatic rings. The lowest BCUT2D eigenvalue weighted by molar-refractivity contribution is -0.124. The molecule has 114 valence electrons. The van der Waals surface area contributed by atoms with Crippen LogP contribution in [-0.4, -0.2) is 18.6 Å². The zero-order valence-electron chi connectivity index (χ0n) is 12.3. The van der Waals surface area contributed by atoms with E-state index in [0.717, 1.165) is 11.8 Å². The monoisotopic (exact) mass is 307 g/mol. The van der Waals surface area contributed by atoms with E-state index in [4.69, 9.17) is 16.3 Å². The SMILES string of the molecule is C[C@@H](NC(=O)COc1cccc(Cl)c1)[C@@H]1C[C@H]2CC[C@H]1C2. The van der Waals surface area contributed by atoms with Crippen molar-refractivity contribution in [1.29, 1.82) is 0 Å². The van der Waals surface area contributed by atoms with Crippen LogP contribution in [0.4, 0.5) is 0 Å². The minimum Gasteiger partial charge on any atom is -0.484 e. The minimum absolute atomic E-state index is 0.0471. The molecular formula is C17H22ClNO2. The van der Waals surface area contributed by atoms with Crippen LogP contribution in [-0.2, 0) is 4.79 Å². The Bertz CT molecular complexity index is 519. The maximum Gasteiger partial charge on any atom is 0.258 e. The number of benzene rings is 1. The molecule has 0 saturated heterocycles. The van der Waals surface area contributed by atoms with Crippen LogP contribution >= 0.6 is 11.6 Å². The number of ether oxygens (including phenoxy) is 1. The maximum atomic E-state index is 12.0. The van der Waals surface area contributed by atoms with Crippen molar-refractivity contribution >= 4 is 17.5 Å². The van der Waals surface area contributed by atoms with Gasteiger partial charge in [0, 0.05) is 11.1 Å². The van der Waals surface area contributed by atoms with E-state index in [2.05, 4.69) is 12.2 Å². The first-order valence-corrected chi connectivity index (χ1v) is 8.17. The lowest BCUT2D eigenvalue weighted by Crippen LogP contribution is -2.42. The third kappa shape index (κ3) is 3.52. The molecule has 0 radical (unpaired) electrons. The molecule has 1 aromatic carbocycles. The number of amides is 1. The van der Waals surface area contributed by atoms with E-state index < -0.39 is 0 Å². The Kier molecular flexibility index (Phi) is 4.39. The van der Waals surface area contributed by atoms with Crippen molar-refractivity contribution in [3.05, 3.63) is 29.3 Å². The van der Waals surface area contributed by atoms with Crippen molar-refractivity contribution < 1.29 is 9.53 Å². The zero-order chi connectivity index (χ0) is 14.8. The molecule has 1 amide bonds. The summed E-state index contributed by atoms with van der Waals surface area (Å²) < 4.78 is 5.48. The molecule has 21 heavy (non-hydrogen) atoms. The molecule has 2 bridgehead atoms. The predicted molar refractivity (Wildman–Crippen MR) is 83.5 cm³/mol. The second-order valence-electron chi connectivity index (χ2n) is 6.44. The number of halogens is 1. The quantitative estimate of drug-likeness (QED) is 0.901. The molecule has 2 saturated carbocycles. The van der Waals surface area contributed by atoms with Crippen LogP contribution in [0.3, 0.4) is 0 Å². The van der Waals surface area contributed by atoms with Crippen molar-refractivity contribution in [2.45, 2.75) is 38.6 Å². The molecule has 0 aromatic heterocycles. The van der Waals surface area contributed by atoms with Gasteiger partial charge in [-0.2, -0.15) is 0 Å². The number of carbonyl (C=O) groups is 1. The Labute approximate surface area is 131 Å². The van der Waals surface area contributed by atoms with E-state index in [1.54, 1.807) is 18.2 Å². The summed E-state index contributed by atoms with van der Waals surface area (Å²) in [7, 11) is 0. The van der Waals surface area contributed by atoms with E-state index in [9.17, 15) is 4.79 Å². The van der Waals surface area contributed by atoms with Gasteiger partial charge in [0.05, 0.1) is 0 Å². The molecule has 0 unspecified atom stereocenters. The van der Waals surface area contributed by atoms with E-state index in [1.807, 2.05) is 6.07 Å². The Hall–Kier alpha value is -1.22. The Morgan fingerprint density at radius 3 is 2.95 bits per heavy atom. The number of nitrogens with one attached hydrogen (secondary N) is 1. The Morgan fingerprint density at radius 1 is 1.43 bits per heavy atom. The van der Waals surface area contributed by atoms with Crippen LogP contribution in [0.2, 0.25) is 5.02 Å². The predicted octanol–water partition coefficient (Wildman–Crippen LogP) is 3.66. The Balaban J connectivity index is 1.46. The highest BCUT2D eigenvalue weighted by Gasteiger charge is 2.42. The maximum absolute atomic E-state index is 12.0. The highest BCUT2D eigenvalue weighted by atomic mass is 35.5. The summed E-state index contributed by atoms with van der Waals surface area (Å²) in [6, 6.07) is 7.36. The summed E-state index contributed by atoms with van der Waals surface area (Å²) in [6.45, 7) is 2.17. The molecule has 3 rings (SSSR count). The highest BCUT2D eigenvalue weighted by Crippen LogP contribution is 2.49. The first-order chi connectivity index (χ1) is 10.1. The zero-order valence-corrected chi connectivity index (χ0v) is 13.1. The third-order valence-electron chi connectivity index (χ3n) is 4.99. The average Bonchev–Trinajstić information content (AvgIpc) is 3.08. The van der Waals surface area contributed by atoms with Crippen LogP contribution in [0.25, 0.3) is 0 Å². The molecule has 3 nitrogen and oxygen atoms in total. The van der Waals surface area contributed by atoms with Crippen molar-refractivity contribution in [1.82, 2.24) is 5.32 Å². The fraction of sp³-hybridized carbons (Fsp3) is 0.588. The van der Waals surface area contributed by atoms with E-state index in [0.29, 0.717) is 16.7 Å². The first-order valence-electron chi connectivity index (χ1n) is 7.79. The fourth-order valence-electron chi connectivity index (χ4n) is 4.01. The minimum atomic E-state index is -0.0507. The lowest BCUT2D eigenvalue weighted by Gasteiger charge is -2.28. The van der Waals surface area contributed by atoms with Gasteiger partial charge in [0.15, 0.2) is 6.61 Å². The Morgan fingerprint density at radius 2 is 2.29 bits per heavy atom. The summed E-state index contributed by atoms with van der Waals surface area (Å²) in [5.41, 5.74) is 0. The van der Waals surface area contributed by atoms with Crippen molar-refractivity contribution in [2.24, 2.45) is 17.8 Å². The van der Waals surface area contributed by atoms with Crippen LogP contribution in [0, 0.1) is 17.8 Å². The molecule has 2 aliphatic carbocycles. The van der Waals surface area contributed by atoms with Crippen molar-refractivity contribution in [2.75, 3.05) is 6.61 Å². The number of hydrogen-bond donors (Lipinski definition) is 1. The summed E-state index contributed by atoms with van der Waals surface area (Å²) in [5.74, 6) is 2.95. The van der Waals surface area contributed by atoms with Gasteiger partial charge in [0.1, 0.15) is 5.75 Å². The molecular weight excluding hydrogens is 286 g/mol. The third-order valence-corrected chi connectivity index (χ3v) is 5.22. The van der Waals surface area contributed by atoms with Gasteiger partial charge in [-0.25, -0.2) is 0 Å². The number of rotatable bonds is 5. The molecule has 1 aromatic rings. The van der Waals surface area contributed by atoms with E-state index in [-0.39, 0.29) is 18.6 Å². The molecule has 0 aliphatic heterocycles. The first kappa shape index (κ1) is 14.7. The average molecular weight is 308 g/mol. The van der Waals surface area contributed by atoms with Crippen LogP contribution < -0.4 is 10.1 Å². The van der Waals surface area contributed by atoms with Crippen molar-refractivity contribution in [3.63, 3.8) is 0 Å². The molecule has 4 heteroatoms. The van der Waals surface area contributed by atoms with E-state index >= 15 is 0 Å². The summed E-state index contributed by atoms with van der Waals surface area (Å²) in [6.07, 6.45) is 5.37. The van der Waals surface area contributed by atoms with Gasteiger partial charge in [-0.15, -0.1) is 0 Å². The van der Waals surface area contributed by atoms with Gasteiger partial charge in [-0.3, -0.25) is 4.79 Å². The second kappa shape index (κ2) is 6.27. The highest BCUT2D eigenvalue weighted by molar-refractivity contribution is 6.30. The summed E-state index contributed by atoms with van der Waals surface area (Å²) in [4.78, 5) is 12.0. The summed E-state index contributed by atoms with van der Waals surface area (Å²) >= 11 is 5.89. The second-order valence-corrected chi connectivity index (χ2v) is 6.88. The lowest BCUT2D eigenvalue weighted by atomic mass is 9.84. The van der Waals surface area contributed by atoms with Crippen molar-refractivity contribution in [3.8, 4) is 5.75 Å². The standard InChI is InChI=1S/C17H22ClNO2/c1-11(16-8-12-5-6-13(16)7-12)19-17(20)10-21-15-4-2-3-14(18)9-15/h2-4,9,11-13,16H,5-8,10H2,1H3,(H,19,20)/t11-,12+,13+,16+/m1/s1. The van der Waals surface area contributed by atoms with Gasteiger partial charge in [-0.1, -0.05) is 24.1 Å². The van der Waals surface area contributed by atoms with Gasteiger partial charge >= 0.3 is 0 Å². The smallest absolute Gasteiger partial charge is 0.258 e. The molecule has 0 heterocycles. The topological polar surface area (TPSA) is 38.3 Å².